The van der Waals surface area contributed by atoms with E-state index in [9.17, 15) is 0 Å². The summed E-state index contributed by atoms with van der Waals surface area (Å²) < 4.78 is 5.62. The molecule has 1 aliphatic heterocycles. The Balaban J connectivity index is 1.98. The first-order valence-electron chi connectivity index (χ1n) is 5.20. The van der Waals surface area contributed by atoms with Crippen molar-refractivity contribution in [3.63, 3.8) is 0 Å². The van der Waals surface area contributed by atoms with E-state index >= 15 is 0 Å². The fraction of sp³-hybridized carbons (Fsp3) is 0.250. The van der Waals surface area contributed by atoms with Gasteiger partial charge in [-0.15, -0.1) is 11.6 Å². The van der Waals surface area contributed by atoms with E-state index in [1.54, 1.807) is 6.20 Å². The van der Waals surface area contributed by atoms with Crippen LogP contribution in [0.15, 0.2) is 30.5 Å². The first-order chi connectivity index (χ1) is 7.88. The Labute approximate surface area is 98.4 Å². The highest BCUT2D eigenvalue weighted by atomic mass is 35.5. The molecule has 82 valence electrons. The second-order valence-corrected chi connectivity index (χ2v) is 4.10. The molecule has 16 heavy (non-hydrogen) atoms. The van der Waals surface area contributed by atoms with E-state index < -0.39 is 0 Å². The van der Waals surface area contributed by atoms with Gasteiger partial charge in [-0.2, -0.15) is 0 Å². The maximum absolute atomic E-state index is 5.74. The Kier molecular flexibility index (Phi) is 2.33. The van der Waals surface area contributed by atoms with Crippen LogP contribution in [0.1, 0.15) is 23.0 Å². The van der Waals surface area contributed by atoms with Crippen LogP contribution >= 0.6 is 11.6 Å². The second kappa shape index (κ2) is 3.83. The zero-order valence-electron chi connectivity index (χ0n) is 8.61. The van der Waals surface area contributed by atoms with Crippen molar-refractivity contribution in [1.29, 1.82) is 0 Å². The molecule has 1 N–H and O–H groups in total. The summed E-state index contributed by atoms with van der Waals surface area (Å²) in [5, 5.41) is 0. The molecular formula is C12H11ClN2O. The Hall–Kier alpha value is -1.48. The summed E-state index contributed by atoms with van der Waals surface area (Å²) in [5.41, 5.74) is 2.14. The molecule has 0 bridgehead atoms. The van der Waals surface area contributed by atoms with Crippen LogP contribution in [-0.4, -0.2) is 16.6 Å². The normalized spacial score (nSPS) is 18.2. The predicted octanol–water partition coefficient (Wildman–Crippen LogP) is 2.67. The number of aromatic nitrogens is 2. The molecule has 1 aliphatic rings. The molecule has 4 heteroatoms. The Bertz CT molecular complexity index is 509. The minimum atomic E-state index is 0.202. The van der Waals surface area contributed by atoms with Gasteiger partial charge in [0.15, 0.2) is 0 Å². The van der Waals surface area contributed by atoms with Crippen molar-refractivity contribution in [2.45, 2.75) is 11.8 Å². The number of imidazole rings is 1. The zero-order valence-corrected chi connectivity index (χ0v) is 9.37. The molecular weight excluding hydrogens is 224 g/mol. The maximum atomic E-state index is 5.74. The van der Waals surface area contributed by atoms with Gasteiger partial charge in [-0.3, -0.25) is 0 Å². The quantitative estimate of drug-likeness (QED) is 0.812. The number of aromatic amines is 1. The van der Waals surface area contributed by atoms with Gasteiger partial charge in [0, 0.05) is 17.5 Å². The number of benzene rings is 1. The molecule has 0 spiro atoms. The third-order valence-corrected chi connectivity index (χ3v) is 3.11. The van der Waals surface area contributed by atoms with E-state index in [1.165, 1.54) is 5.56 Å². The molecule has 0 saturated carbocycles. The molecule has 2 aromatic rings. The van der Waals surface area contributed by atoms with Crippen LogP contribution in [0.5, 0.6) is 5.75 Å². The van der Waals surface area contributed by atoms with Crippen LogP contribution < -0.4 is 4.74 Å². The highest BCUT2D eigenvalue weighted by molar-refractivity contribution is 6.16. The van der Waals surface area contributed by atoms with Crippen molar-refractivity contribution in [2.75, 3.05) is 6.61 Å². The van der Waals surface area contributed by atoms with Gasteiger partial charge in [0.25, 0.3) is 0 Å². The first kappa shape index (κ1) is 9.73. The number of para-hydroxylation sites is 1. The lowest BCUT2D eigenvalue weighted by molar-refractivity contribution is 0.340. The van der Waals surface area contributed by atoms with Gasteiger partial charge in [-0.25, -0.2) is 4.98 Å². The average Bonchev–Trinajstić information content (AvgIpc) is 2.94. The van der Waals surface area contributed by atoms with E-state index in [-0.39, 0.29) is 5.92 Å². The molecule has 1 unspecified atom stereocenters. The average molecular weight is 235 g/mol. The summed E-state index contributed by atoms with van der Waals surface area (Å²) in [7, 11) is 0. The number of fused-ring (bicyclic) bond motifs is 1. The molecule has 0 amide bonds. The highest BCUT2D eigenvalue weighted by Crippen LogP contribution is 2.36. The minimum absolute atomic E-state index is 0.202. The number of nitrogens with one attached hydrogen (secondary N) is 1. The largest absolute Gasteiger partial charge is 0.492 e. The third-order valence-electron chi connectivity index (χ3n) is 2.82. The molecule has 1 atom stereocenters. The molecule has 3 nitrogen and oxygen atoms in total. The molecule has 1 aromatic heterocycles. The smallest absolute Gasteiger partial charge is 0.123 e. The van der Waals surface area contributed by atoms with Crippen LogP contribution in [0, 0.1) is 0 Å². The van der Waals surface area contributed by atoms with Crippen molar-refractivity contribution < 1.29 is 4.74 Å². The number of nitrogens with zero attached hydrogens (tertiary/aromatic N) is 1. The van der Waals surface area contributed by atoms with Crippen LogP contribution in [0.2, 0.25) is 0 Å². The number of alkyl halides is 1. The van der Waals surface area contributed by atoms with Gasteiger partial charge in [0.05, 0.1) is 11.8 Å². The molecule has 1 aromatic carbocycles. The standard InChI is InChI=1S/C12H11ClN2O/c13-5-8-6-14-12(15-8)10-7-16-11-4-2-1-3-9(10)11/h1-4,6,10H,5,7H2,(H,14,15). The number of rotatable bonds is 2. The zero-order chi connectivity index (χ0) is 11.0. The Morgan fingerprint density at radius 3 is 3.12 bits per heavy atom. The molecule has 2 heterocycles. The van der Waals surface area contributed by atoms with E-state index in [4.69, 9.17) is 16.3 Å². The van der Waals surface area contributed by atoms with Crippen LogP contribution in [-0.2, 0) is 5.88 Å². The van der Waals surface area contributed by atoms with Gasteiger partial charge in [0.1, 0.15) is 18.2 Å². The lowest BCUT2D eigenvalue weighted by Crippen LogP contribution is -2.04. The van der Waals surface area contributed by atoms with E-state index in [2.05, 4.69) is 16.0 Å². The lowest BCUT2D eigenvalue weighted by atomic mass is 10.0. The van der Waals surface area contributed by atoms with Crippen LogP contribution in [0.3, 0.4) is 0 Å². The van der Waals surface area contributed by atoms with E-state index in [0.29, 0.717) is 12.5 Å². The SMILES string of the molecule is ClCc1cnc(C2COc3ccccc32)[nH]1. The second-order valence-electron chi connectivity index (χ2n) is 3.83. The number of H-pyrrole nitrogens is 1. The molecule has 0 aliphatic carbocycles. The van der Waals surface area contributed by atoms with Crippen LogP contribution in [0.4, 0.5) is 0 Å². The van der Waals surface area contributed by atoms with Gasteiger partial charge >= 0.3 is 0 Å². The summed E-state index contributed by atoms with van der Waals surface area (Å²) in [6.45, 7) is 0.647. The molecule has 3 rings (SSSR count). The Morgan fingerprint density at radius 2 is 2.31 bits per heavy atom. The van der Waals surface area contributed by atoms with Crippen molar-refractivity contribution >= 4 is 11.6 Å². The summed E-state index contributed by atoms with van der Waals surface area (Å²) in [5.74, 6) is 2.55. The van der Waals surface area contributed by atoms with Crippen molar-refractivity contribution in [2.24, 2.45) is 0 Å². The maximum Gasteiger partial charge on any atom is 0.123 e. The van der Waals surface area contributed by atoms with Gasteiger partial charge in [0.2, 0.25) is 0 Å². The van der Waals surface area contributed by atoms with Gasteiger partial charge in [-0.1, -0.05) is 18.2 Å². The molecule has 0 saturated heterocycles. The monoisotopic (exact) mass is 234 g/mol. The topological polar surface area (TPSA) is 37.9 Å². The van der Waals surface area contributed by atoms with E-state index in [1.807, 2.05) is 18.2 Å². The minimum Gasteiger partial charge on any atom is -0.492 e. The third kappa shape index (κ3) is 1.48. The first-order valence-corrected chi connectivity index (χ1v) is 5.73. The van der Waals surface area contributed by atoms with Gasteiger partial charge in [-0.05, 0) is 6.07 Å². The fourth-order valence-electron chi connectivity index (χ4n) is 2.01. The molecule has 0 fully saturated rings. The van der Waals surface area contributed by atoms with Gasteiger partial charge < -0.3 is 9.72 Å². The Morgan fingerprint density at radius 1 is 1.44 bits per heavy atom. The fourth-order valence-corrected chi connectivity index (χ4v) is 2.15. The number of hydrogen-bond donors (Lipinski definition) is 1. The van der Waals surface area contributed by atoms with Crippen molar-refractivity contribution in [3.05, 3.63) is 47.5 Å². The number of halogens is 1. The summed E-state index contributed by atoms with van der Waals surface area (Å²) in [6.07, 6.45) is 1.78. The summed E-state index contributed by atoms with van der Waals surface area (Å²) >= 11 is 5.74. The van der Waals surface area contributed by atoms with Crippen molar-refractivity contribution in [1.82, 2.24) is 9.97 Å². The van der Waals surface area contributed by atoms with Crippen molar-refractivity contribution in [3.8, 4) is 5.75 Å². The molecule has 0 radical (unpaired) electrons. The number of hydrogen-bond acceptors (Lipinski definition) is 2. The summed E-state index contributed by atoms with van der Waals surface area (Å²) in [6, 6.07) is 8.07. The number of ether oxygens (including phenoxy) is 1. The lowest BCUT2D eigenvalue weighted by Gasteiger charge is -2.04. The summed E-state index contributed by atoms with van der Waals surface area (Å²) in [4.78, 5) is 7.57. The predicted molar refractivity (Wildman–Crippen MR) is 61.9 cm³/mol. The van der Waals surface area contributed by atoms with Crippen LogP contribution in [0.25, 0.3) is 0 Å². The highest BCUT2D eigenvalue weighted by Gasteiger charge is 2.27. The van der Waals surface area contributed by atoms with E-state index in [0.717, 1.165) is 17.3 Å².